The highest BCUT2D eigenvalue weighted by atomic mass is 79.9. The number of hydrogen-bond donors (Lipinski definition) is 1. The van der Waals surface area contributed by atoms with Gasteiger partial charge in [-0.05, 0) is 39.7 Å². The Morgan fingerprint density at radius 1 is 1.05 bits per heavy atom. The fraction of sp³-hybridized carbons (Fsp3) is 0.200. The van der Waals surface area contributed by atoms with E-state index in [0.29, 0.717) is 35.7 Å². The maximum Gasteiger partial charge on any atom is 0.161 e. The Morgan fingerprint density at radius 2 is 1.81 bits per heavy atom. The van der Waals surface area contributed by atoms with E-state index >= 15 is 0 Å². The first kappa shape index (κ1) is 14.1. The molecule has 1 aliphatic heterocycles. The zero-order valence-electron chi connectivity index (χ0n) is 11.0. The molecule has 6 heteroatoms. The second-order valence-electron chi connectivity index (χ2n) is 4.58. The third-order valence-corrected chi connectivity index (χ3v) is 3.71. The third-order valence-electron chi connectivity index (χ3n) is 3.08. The van der Waals surface area contributed by atoms with E-state index in [1.54, 1.807) is 0 Å². The van der Waals surface area contributed by atoms with Gasteiger partial charge in [-0.1, -0.05) is 6.07 Å². The molecule has 21 heavy (non-hydrogen) atoms. The first-order chi connectivity index (χ1) is 10.1. The van der Waals surface area contributed by atoms with Gasteiger partial charge in [-0.3, -0.25) is 0 Å². The van der Waals surface area contributed by atoms with Crippen molar-refractivity contribution in [3.05, 3.63) is 52.0 Å². The van der Waals surface area contributed by atoms with E-state index in [4.69, 9.17) is 9.47 Å². The Balaban J connectivity index is 1.76. The molecule has 3 rings (SSSR count). The van der Waals surface area contributed by atoms with Crippen molar-refractivity contribution < 1.29 is 18.3 Å². The zero-order chi connectivity index (χ0) is 14.8. The number of nitrogens with one attached hydrogen (secondary N) is 1. The van der Waals surface area contributed by atoms with Gasteiger partial charge >= 0.3 is 0 Å². The Labute approximate surface area is 129 Å². The summed E-state index contributed by atoms with van der Waals surface area (Å²) in [6.45, 7) is 1.44. The molecule has 0 amide bonds. The number of ether oxygens (including phenoxy) is 2. The summed E-state index contributed by atoms with van der Waals surface area (Å²) in [4.78, 5) is 0. The zero-order valence-corrected chi connectivity index (χ0v) is 12.5. The Bertz CT molecular complexity index is 656. The van der Waals surface area contributed by atoms with Crippen LogP contribution in [0.4, 0.5) is 14.5 Å². The van der Waals surface area contributed by atoms with Crippen LogP contribution in [0.15, 0.2) is 34.8 Å². The first-order valence-electron chi connectivity index (χ1n) is 6.40. The summed E-state index contributed by atoms with van der Waals surface area (Å²) in [5.74, 6) is 0.127. The van der Waals surface area contributed by atoms with E-state index in [1.165, 1.54) is 6.07 Å². The van der Waals surface area contributed by atoms with E-state index in [2.05, 4.69) is 21.2 Å². The summed E-state index contributed by atoms with van der Waals surface area (Å²) < 4.78 is 38.0. The van der Waals surface area contributed by atoms with E-state index in [9.17, 15) is 8.78 Å². The number of anilines is 1. The smallest absolute Gasteiger partial charge is 0.161 e. The summed E-state index contributed by atoms with van der Waals surface area (Å²) in [5.41, 5.74) is 1.14. The molecule has 2 aromatic carbocycles. The van der Waals surface area contributed by atoms with Crippen molar-refractivity contribution in [1.82, 2.24) is 0 Å². The predicted molar refractivity (Wildman–Crippen MR) is 78.8 cm³/mol. The van der Waals surface area contributed by atoms with Crippen LogP contribution in [-0.2, 0) is 6.54 Å². The average Bonchev–Trinajstić information content (AvgIpc) is 2.46. The molecule has 2 aromatic rings. The predicted octanol–water partition coefficient (Wildman–Crippen LogP) is 4.11. The van der Waals surface area contributed by atoms with Gasteiger partial charge in [-0.15, -0.1) is 0 Å². The molecular weight excluding hydrogens is 344 g/mol. The highest BCUT2D eigenvalue weighted by Gasteiger charge is 2.13. The van der Waals surface area contributed by atoms with Crippen LogP contribution < -0.4 is 14.8 Å². The lowest BCUT2D eigenvalue weighted by molar-refractivity contribution is 0.171. The van der Waals surface area contributed by atoms with Crippen molar-refractivity contribution in [3.8, 4) is 11.5 Å². The van der Waals surface area contributed by atoms with Crippen LogP contribution >= 0.6 is 15.9 Å². The molecule has 0 bridgehead atoms. The van der Waals surface area contributed by atoms with Crippen LogP contribution in [0.3, 0.4) is 0 Å². The van der Waals surface area contributed by atoms with Gasteiger partial charge in [0.1, 0.15) is 24.8 Å². The number of hydrogen-bond acceptors (Lipinski definition) is 3. The van der Waals surface area contributed by atoms with E-state index in [-0.39, 0.29) is 5.69 Å². The molecule has 3 nitrogen and oxygen atoms in total. The topological polar surface area (TPSA) is 30.5 Å². The molecule has 0 unspecified atom stereocenters. The van der Waals surface area contributed by atoms with Crippen LogP contribution in [0.25, 0.3) is 0 Å². The summed E-state index contributed by atoms with van der Waals surface area (Å²) in [7, 11) is 0. The Hall–Kier alpha value is -1.82. The van der Waals surface area contributed by atoms with Gasteiger partial charge in [0.2, 0.25) is 0 Å². The van der Waals surface area contributed by atoms with Crippen LogP contribution in [0.2, 0.25) is 0 Å². The van der Waals surface area contributed by atoms with Crippen molar-refractivity contribution in [2.24, 2.45) is 0 Å². The van der Waals surface area contributed by atoms with Crippen LogP contribution in [-0.4, -0.2) is 13.2 Å². The van der Waals surface area contributed by atoms with Gasteiger partial charge in [-0.25, -0.2) is 8.78 Å². The quantitative estimate of drug-likeness (QED) is 0.898. The van der Waals surface area contributed by atoms with Crippen molar-refractivity contribution in [1.29, 1.82) is 0 Å². The molecule has 0 aliphatic carbocycles. The maximum absolute atomic E-state index is 13.7. The Kier molecular flexibility index (Phi) is 3.96. The van der Waals surface area contributed by atoms with E-state index in [0.717, 1.165) is 11.6 Å². The summed E-state index contributed by atoms with van der Waals surface area (Å²) in [6.07, 6.45) is 0. The lowest BCUT2D eigenvalue weighted by Gasteiger charge is -2.19. The van der Waals surface area contributed by atoms with Crippen molar-refractivity contribution in [3.63, 3.8) is 0 Å². The molecule has 110 valence electrons. The molecule has 0 aromatic heterocycles. The second-order valence-corrected chi connectivity index (χ2v) is 5.43. The van der Waals surface area contributed by atoms with Crippen LogP contribution in [0.1, 0.15) is 5.56 Å². The lowest BCUT2D eigenvalue weighted by atomic mass is 10.2. The monoisotopic (exact) mass is 355 g/mol. The number of fused-ring (bicyclic) bond motifs is 1. The third kappa shape index (κ3) is 3.10. The van der Waals surface area contributed by atoms with Gasteiger partial charge in [0.15, 0.2) is 11.5 Å². The fourth-order valence-corrected chi connectivity index (χ4v) is 2.65. The number of rotatable bonds is 3. The van der Waals surface area contributed by atoms with Gasteiger partial charge in [0.05, 0.1) is 5.69 Å². The SMILES string of the molecule is Fc1cc(F)c(NCc2ccc3c(c2)OCCO3)c(Br)c1. The molecule has 0 saturated carbocycles. The molecule has 0 fully saturated rings. The lowest BCUT2D eigenvalue weighted by Crippen LogP contribution is -2.15. The normalized spacial score (nSPS) is 13.1. The minimum absolute atomic E-state index is 0.228. The highest BCUT2D eigenvalue weighted by molar-refractivity contribution is 9.10. The van der Waals surface area contributed by atoms with Gasteiger partial charge < -0.3 is 14.8 Å². The largest absolute Gasteiger partial charge is 0.486 e. The second kappa shape index (κ2) is 5.89. The number of benzene rings is 2. The molecule has 0 spiro atoms. The standard InChI is InChI=1S/C15H12BrF2NO2/c16-11-6-10(17)7-12(18)15(11)19-8-9-1-2-13-14(5-9)21-4-3-20-13/h1-2,5-7,19H,3-4,8H2. The molecule has 0 saturated heterocycles. The molecule has 0 radical (unpaired) electrons. The first-order valence-corrected chi connectivity index (χ1v) is 7.20. The molecule has 0 atom stereocenters. The number of halogens is 3. The maximum atomic E-state index is 13.7. The fourth-order valence-electron chi connectivity index (χ4n) is 2.10. The molecule has 1 N–H and O–H groups in total. The minimum Gasteiger partial charge on any atom is -0.486 e. The van der Waals surface area contributed by atoms with Gasteiger partial charge in [-0.2, -0.15) is 0 Å². The molecule has 1 heterocycles. The highest BCUT2D eigenvalue weighted by Crippen LogP contribution is 2.32. The molecular formula is C15H12BrF2NO2. The van der Waals surface area contributed by atoms with E-state index in [1.807, 2.05) is 18.2 Å². The van der Waals surface area contributed by atoms with Crippen LogP contribution in [0, 0.1) is 11.6 Å². The average molecular weight is 356 g/mol. The molecule has 1 aliphatic rings. The summed E-state index contributed by atoms with van der Waals surface area (Å²) in [6, 6.07) is 7.60. The van der Waals surface area contributed by atoms with Gasteiger partial charge in [0.25, 0.3) is 0 Å². The van der Waals surface area contributed by atoms with Crippen LogP contribution in [0.5, 0.6) is 11.5 Å². The minimum atomic E-state index is -0.639. The summed E-state index contributed by atoms with van der Waals surface area (Å²) in [5, 5.41) is 2.95. The van der Waals surface area contributed by atoms with E-state index < -0.39 is 11.6 Å². The van der Waals surface area contributed by atoms with Crippen molar-refractivity contribution in [2.75, 3.05) is 18.5 Å². The van der Waals surface area contributed by atoms with Gasteiger partial charge in [0, 0.05) is 17.1 Å². The van der Waals surface area contributed by atoms with Crippen molar-refractivity contribution >= 4 is 21.6 Å². The Morgan fingerprint density at radius 3 is 2.57 bits per heavy atom. The summed E-state index contributed by atoms with van der Waals surface area (Å²) >= 11 is 3.14. The van der Waals surface area contributed by atoms with Crippen molar-refractivity contribution in [2.45, 2.75) is 6.54 Å².